The Labute approximate surface area is 118 Å². The number of ether oxygens (including phenoxy) is 2. The lowest BCUT2D eigenvalue weighted by Crippen LogP contribution is -2.25. The molecule has 0 aliphatic carbocycles. The molecule has 1 saturated heterocycles. The highest BCUT2D eigenvalue weighted by Crippen LogP contribution is 2.19. The molecule has 0 radical (unpaired) electrons. The van der Waals surface area contributed by atoms with Crippen LogP contribution in [0.3, 0.4) is 0 Å². The largest absolute Gasteiger partial charge is 0.494 e. The zero-order valence-electron chi connectivity index (χ0n) is 11.7. The molecule has 5 heteroatoms. The molecule has 110 valence electrons. The quantitative estimate of drug-likeness (QED) is 0.814. The van der Waals surface area contributed by atoms with Crippen LogP contribution in [0.25, 0.3) is 0 Å². The van der Waals surface area contributed by atoms with E-state index in [0.717, 1.165) is 32.5 Å². The Morgan fingerprint density at radius 2 is 2.40 bits per heavy atom. The first kappa shape index (κ1) is 14.8. The molecule has 1 heterocycles. The van der Waals surface area contributed by atoms with E-state index < -0.39 is 5.82 Å². The number of nitrogens with one attached hydrogen (secondary N) is 1. The normalized spacial score (nSPS) is 18.0. The molecule has 0 unspecified atom stereocenters. The summed E-state index contributed by atoms with van der Waals surface area (Å²) >= 11 is 0. The van der Waals surface area contributed by atoms with Crippen LogP contribution in [0.2, 0.25) is 0 Å². The van der Waals surface area contributed by atoms with E-state index in [2.05, 4.69) is 5.32 Å². The number of hydrogen-bond acceptors (Lipinski definition) is 3. The first-order chi connectivity index (χ1) is 9.70. The lowest BCUT2D eigenvalue weighted by atomic mass is 10.0. The molecule has 0 aromatic heterocycles. The van der Waals surface area contributed by atoms with Gasteiger partial charge < -0.3 is 14.8 Å². The highest BCUT2D eigenvalue weighted by molar-refractivity contribution is 5.94. The van der Waals surface area contributed by atoms with Gasteiger partial charge in [0.25, 0.3) is 5.91 Å². The molecule has 4 nitrogen and oxygen atoms in total. The Kier molecular flexibility index (Phi) is 5.35. The summed E-state index contributed by atoms with van der Waals surface area (Å²) in [6, 6.07) is 4.11. The molecule has 1 amide bonds. The molecular formula is C15H20FNO3. The summed E-state index contributed by atoms with van der Waals surface area (Å²) in [6.07, 6.45) is 3.11. The van der Waals surface area contributed by atoms with Crippen LogP contribution in [0.1, 0.15) is 29.6 Å². The van der Waals surface area contributed by atoms with Crippen molar-refractivity contribution in [3.63, 3.8) is 0 Å². The van der Waals surface area contributed by atoms with Gasteiger partial charge in [0.1, 0.15) is 0 Å². The summed E-state index contributed by atoms with van der Waals surface area (Å²) in [5.74, 6) is 0.0369. The Hall–Kier alpha value is -1.62. The van der Waals surface area contributed by atoms with Crippen molar-refractivity contribution in [2.75, 3.05) is 26.9 Å². The minimum Gasteiger partial charge on any atom is -0.494 e. The van der Waals surface area contributed by atoms with E-state index >= 15 is 0 Å². The Bertz CT molecular complexity index is 458. The predicted molar refractivity (Wildman–Crippen MR) is 73.4 cm³/mol. The first-order valence-corrected chi connectivity index (χ1v) is 6.90. The molecule has 1 aliphatic rings. The van der Waals surface area contributed by atoms with Gasteiger partial charge in [-0.1, -0.05) is 0 Å². The van der Waals surface area contributed by atoms with E-state index in [9.17, 15) is 9.18 Å². The van der Waals surface area contributed by atoms with Gasteiger partial charge in [-0.25, -0.2) is 4.39 Å². The Balaban J connectivity index is 1.76. The molecule has 1 fully saturated rings. The van der Waals surface area contributed by atoms with Crippen LogP contribution in [-0.4, -0.2) is 32.8 Å². The lowest BCUT2D eigenvalue weighted by Gasteiger charge is -2.09. The van der Waals surface area contributed by atoms with Crippen LogP contribution in [-0.2, 0) is 4.74 Å². The standard InChI is InChI=1S/C15H20FNO3/c1-19-14-9-12(4-5-13(14)16)15(18)17-7-2-3-11-6-8-20-10-11/h4-5,9,11H,2-3,6-8,10H2,1H3,(H,17,18)/t11-/m0/s1. The Morgan fingerprint density at radius 3 is 3.10 bits per heavy atom. The fraction of sp³-hybridized carbons (Fsp3) is 0.533. The number of methoxy groups -OCH3 is 1. The van der Waals surface area contributed by atoms with Gasteiger partial charge in [-0.3, -0.25) is 4.79 Å². The third-order valence-electron chi connectivity index (χ3n) is 3.51. The second-order valence-corrected chi connectivity index (χ2v) is 4.98. The summed E-state index contributed by atoms with van der Waals surface area (Å²) in [5, 5.41) is 2.84. The number of carbonyl (C=O) groups excluding carboxylic acids is 1. The molecule has 2 rings (SSSR count). The number of hydrogen-bond donors (Lipinski definition) is 1. The summed E-state index contributed by atoms with van der Waals surface area (Å²) in [4.78, 5) is 11.9. The minimum atomic E-state index is -0.467. The molecule has 0 saturated carbocycles. The second-order valence-electron chi connectivity index (χ2n) is 4.98. The lowest BCUT2D eigenvalue weighted by molar-refractivity contribution is 0.0952. The van der Waals surface area contributed by atoms with Gasteiger partial charge >= 0.3 is 0 Å². The fourth-order valence-electron chi connectivity index (χ4n) is 2.31. The van der Waals surface area contributed by atoms with Crippen LogP contribution in [0.5, 0.6) is 5.75 Å². The van der Waals surface area contributed by atoms with Crippen molar-refractivity contribution < 1.29 is 18.7 Å². The number of carbonyl (C=O) groups is 1. The maximum absolute atomic E-state index is 13.2. The fourth-order valence-corrected chi connectivity index (χ4v) is 2.31. The van der Waals surface area contributed by atoms with Gasteiger partial charge in [0.05, 0.1) is 7.11 Å². The predicted octanol–water partition coefficient (Wildman–Crippen LogP) is 2.38. The molecule has 20 heavy (non-hydrogen) atoms. The maximum Gasteiger partial charge on any atom is 0.251 e. The topological polar surface area (TPSA) is 47.6 Å². The smallest absolute Gasteiger partial charge is 0.251 e. The third-order valence-corrected chi connectivity index (χ3v) is 3.51. The summed E-state index contributed by atoms with van der Waals surface area (Å²) in [5.41, 5.74) is 0.410. The number of amides is 1. The molecule has 1 aliphatic heterocycles. The zero-order chi connectivity index (χ0) is 14.4. The van der Waals surface area contributed by atoms with Crippen molar-refractivity contribution in [1.29, 1.82) is 0 Å². The van der Waals surface area contributed by atoms with E-state index in [1.807, 2.05) is 0 Å². The number of benzene rings is 1. The molecule has 1 N–H and O–H groups in total. The Morgan fingerprint density at radius 1 is 1.55 bits per heavy atom. The second kappa shape index (κ2) is 7.24. The van der Waals surface area contributed by atoms with Crippen molar-refractivity contribution in [2.24, 2.45) is 5.92 Å². The molecule has 0 spiro atoms. The average Bonchev–Trinajstić information content (AvgIpc) is 2.97. The zero-order valence-corrected chi connectivity index (χ0v) is 11.7. The van der Waals surface area contributed by atoms with Crippen LogP contribution in [0, 0.1) is 11.7 Å². The monoisotopic (exact) mass is 281 g/mol. The summed E-state index contributed by atoms with van der Waals surface area (Å²) in [7, 11) is 1.38. The van der Waals surface area contributed by atoms with Crippen molar-refractivity contribution in [3.8, 4) is 5.75 Å². The minimum absolute atomic E-state index is 0.0840. The van der Waals surface area contributed by atoms with Crippen LogP contribution in [0.15, 0.2) is 18.2 Å². The molecular weight excluding hydrogens is 261 g/mol. The number of halogens is 1. The van der Waals surface area contributed by atoms with E-state index in [0.29, 0.717) is 18.0 Å². The van der Waals surface area contributed by atoms with E-state index in [1.54, 1.807) is 0 Å². The van der Waals surface area contributed by atoms with E-state index in [1.165, 1.54) is 25.3 Å². The van der Waals surface area contributed by atoms with E-state index in [-0.39, 0.29) is 11.7 Å². The van der Waals surface area contributed by atoms with Crippen LogP contribution < -0.4 is 10.1 Å². The summed E-state index contributed by atoms with van der Waals surface area (Å²) < 4.78 is 23.4. The van der Waals surface area contributed by atoms with Crippen molar-refractivity contribution in [2.45, 2.75) is 19.3 Å². The third kappa shape index (κ3) is 3.93. The number of rotatable bonds is 6. The van der Waals surface area contributed by atoms with E-state index in [4.69, 9.17) is 9.47 Å². The van der Waals surface area contributed by atoms with Gasteiger partial charge in [0.15, 0.2) is 11.6 Å². The first-order valence-electron chi connectivity index (χ1n) is 6.90. The molecule has 1 aromatic carbocycles. The van der Waals surface area contributed by atoms with Gasteiger partial charge in [0, 0.05) is 25.3 Å². The molecule has 0 bridgehead atoms. The van der Waals surface area contributed by atoms with Crippen molar-refractivity contribution in [1.82, 2.24) is 5.32 Å². The van der Waals surface area contributed by atoms with Gasteiger partial charge in [-0.2, -0.15) is 0 Å². The van der Waals surface area contributed by atoms with Gasteiger partial charge in [-0.05, 0) is 43.4 Å². The highest BCUT2D eigenvalue weighted by Gasteiger charge is 2.15. The SMILES string of the molecule is COc1cc(C(=O)NCCC[C@H]2CCOC2)ccc1F. The average molecular weight is 281 g/mol. The maximum atomic E-state index is 13.2. The molecule has 1 aromatic rings. The van der Waals surface area contributed by atoms with Crippen molar-refractivity contribution in [3.05, 3.63) is 29.6 Å². The highest BCUT2D eigenvalue weighted by atomic mass is 19.1. The molecule has 1 atom stereocenters. The van der Waals surface area contributed by atoms with Crippen molar-refractivity contribution >= 4 is 5.91 Å². The van der Waals surface area contributed by atoms with Gasteiger partial charge in [-0.15, -0.1) is 0 Å². The van der Waals surface area contributed by atoms with Crippen LogP contribution in [0.4, 0.5) is 4.39 Å². The van der Waals surface area contributed by atoms with Crippen LogP contribution >= 0.6 is 0 Å². The van der Waals surface area contributed by atoms with Gasteiger partial charge in [0.2, 0.25) is 0 Å². The summed E-state index contributed by atoms with van der Waals surface area (Å²) in [6.45, 7) is 2.31.